The number of hydrogen-bond donors (Lipinski definition) is 2. The van der Waals surface area contributed by atoms with E-state index in [-0.39, 0.29) is 6.03 Å². The fraction of sp³-hybridized carbons (Fsp3) is 0.263. The Kier molecular flexibility index (Phi) is 5.60. The lowest BCUT2D eigenvalue weighted by Gasteiger charge is -2.11. The molecule has 0 aliphatic carbocycles. The second kappa shape index (κ2) is 7.89. The van der Waals surface area contributed by atoms with Gasteiger partial charge in [0.15, 0.2) is 5.13 Å². The van der Waals surface area contributed by atoms with Crippen LogP contribution < -0.4 is 10.0 Å². The molecular weight excluding hydrogens is 350 g/mol. The van der Waals surface area contributed by atoms with Crippen molar-refractivity contribution >= 4 is 44.7 Å². The number of anilines is 1. The van der Waals surface area contributed by atoms with Crippen LogP contribution in [0.3, 0.4) is 0 Å². The van der Waals surface area contributed by atoms with Crippen LogP contribution in [-0.4, -0.2) is 16.8 Å². The lowest BCUT2D eigenvalue weighted by atomic mass is 10.0. The maximum atomic E-state index is 12.1. The van der Waals surface area contributed by atoms with Gasteiger partial charge in [0.2, 0.25) is 0 Å². The van der Waals surface area contributed by atoms with Gasteiger partial charge in [-0.25, -0.2) is 9.78 Å². The first-order chi connectivity index (χ1) is 12.0. The highest BCUT2D eigenvalue weighted by atomic mass is 32.2. The molecule has 3 aromatic rings. The van der Waals surface area contributed by atoms with Gasteiger partial charge in [-0.3, -0.25) is 10.0 Å². The first kappa shape index (κ1) is 17.8. The Labute approximate surface area is 156 Å². The van der Waals surface area contributed by atoms with Crippen molar-refractivity contribution in [3.05, 3.63) is 59.2 Å². The molecule has 0 bridgehead atoms. The molecule has 0 aliphatic heterocycles. The number of hydrogen-bond acceptors (Lipinski definition) is 4. The smallest absolute Gasteiger partial charge is 0.283 e. The average molecular weight is 372 g/mol. The van der Waals surface area contributed by atoms with Gasteiger partial charge >= 0.3 is 6.03 Å². The Balaban J connectivity index is 1.53. The van der Waals surface area contributed by atoms with Gasteiger partial charge in [-0.15, -0.1) is 0 Å². The minimum absolute atomic E-state index is 0.237. The second-order valence-electron chi connectivity index (χ2n) is 6.13. The molecule has 4 nitrogen and oxygen atoms in total. The zero-order valence-electron chi connectivity index (χ0n) is 14.5. The van der Waals surface area contributed by atoms with Crippen molar-refractivity contribution in [2.24, 2.45) is 0 Å². The maximum Gasteiger partial charge on any atom is 0.331 e. The molecule has 6 heteroatoms. The third-order valence-corrected chi connectivity index (χ3v) is 5.83. The Morgan fingerprint density at radius 2 is 2.00 bits per heavy atom. The lowest BCUT2D eigenvalue weighted by molar-refractivity contribution is 0.257. The summed E-state index contributed by atoms with van der Waals surface area (Å²) in [6.45, 7) is 6.26. The number of fused-ring (bicyclic) bond motifs is 1. The topological polar surface area (TPSA) is 54.0 Å². The number of rotatable bonds is 5. The van der Waals surface area contributed by atoms with Gasteiger partial charge in [0.25, 0.3) is 0 Å². The predicted molar refractivity (Wildman–Crippen MR) is 109 cm³/mol. The van der Waals surface area contributed by atoms with E-state index in [4.69, 9.17) is 0 Å². The molecule has 0 saturated carbocycles. The molecule has 0 saturated heterocycles. The Morgan fingerprint density at radius 3 is 2.76 bits per heavy atom. The van der Waals surface area contributed by atoms with E-state index >= 15 is 0 Å². The van der Waals surface area contributed by atoms with Crippen LogP contribution in [0.4, 0.5) is 9.93 Å². The fourth-order valence-electron chi connectivity index (χ4n) is 2.66. The summed E-state index contributed by atoms with van der Waals surface area (Å²) >= 11 is 2.91. The van der Waals surface area contributed by atoms with Crippen LogP contribution >= 0.6 is 23.3 Å². The summed E-state index contributed by atoms with van der Waals surface area (Å²) in [5.74, 6) is 1.19. The van der Waals surface area contributed by atoms with E-state index in [1.54, 1.807) is 0 Å². The van der Waals surface area contributed by atoms with Gasteiger partial charge in [-0.05, 0) is 54.5 Å². The van der Waals surface area contributed by atoms with Crippen LogP contribution in [0.5, 0.6) is 0 Å². The largest absolute Gasteiger partial charge is 0.331 e. The third-order valence-electron chi connectivity index (χ3n) is 3.92. The molecule has 1 heterocycles. The predicted octanol–water partition coefficient (Wildman–Crippen LogP) is 5.49. The SMILES string of the molecule is Cc1cc(C)c2nc(NC(=O)NSC[C@H](C)c3ccccc3)sc2c1. The van der Waals surface area contributed by atoms with Gasteiger partial charge in [0.1, 0.15) is 0 Å². The van der Waals surface area contributed by atoms with Gasteiger partial charge < -0.3 is 0 Å². The number of benzene rings is 2. The van der Waals surface area contributed by atoms with Crippen molar-refractivity contribution in [1.29, 1.82) is 0 Å². The zero-order valence-corrected chi connectivity index (χ0v) is 16.1. The molecule has 3 rings (SSSR count). The Hall–Kier alpha value is -2.05. The van der Waals surface area contributed by atoms with Crippen molar-refractivity contribution < 1.29 is 4.79 Å². The monoisotopic (exact) mass is 371 g/mol. The van der Waals surface area contributed by atoms with E-state index in [9.17, 15) is 4.79 Å². The summed E-state index contributed by atoms with van der Waals surface area (Å²) in [7, 11) is 0. The number of aromatic nitrogens is 1. The molecule has 1 aromatic heterocycles. The average Bonchev–Trinajstić information content (AvgIpc) is 2.98. The number of carbonyl (C=O) groups is 1. The number of carbonyl (C=O) groups excluding carboxylic acids is 1. The van der Waals surface area contributed by atoms with Crippen LogP contribution in [0.2, 0.25) is 0 Å². The van der Waals surface area contributed by atoms with Gasteiger partial charge in [0, 0.05) is 5.75 Å². The van der Waals surface area contributed by atoms with E-state index in [0.29, 0.717) is 11.0 Å². The molecule has 0 fully saturated rings. The maximum absolute atomic E-state index is 12.1. The molecule has 2 N–H and O–H groups in total. The number of aryl methyl sites for hydroxylation is 2. The molecule has 130 valence electrons. The second-order valence-corrected chi connectivity index (χ2v) is 7.98. The van der Waals surface area contributed by atoms with E-state index in [1.807, 2.05) is 25.1 Å². The number of thiazole rings is 1. The molecular formula is C19H21N3OS2. The summed E-state index contributed by atoms with van der Waals surface area (Å²) in [5.41, 5.74) is 4.56. The standard InChI is InChI=1S/C19H21N3OS2/c1-12-9-13(2)17-16(10-12)25-19(20-17)21-18(23)22-24-11-14(3)15-7-5-4-6-8-15/h4-10,14H,11H2,1-3H3,(H2,20,21,22,23)/t14-/m0/s1. The van der Waals surface area contributed by atoms with Crippen LogP contribution in [-0.2, 0) is 0 Å². The highest BCUT2D eigenvalue weighted by molar-refractivity contribution is 7.97. The zero-order chi connectivity index (χ0) is 17.8. The lowest BCUT2D eigenvalue weighted by Crippen LogP contribution is -2.23. The van der Waals surface area contributed by atoms with Gasteiger partial charge in [0.05, 0.1) is 10.2 Å². The van der Waals surface area contributed by atoms with E-state index in [2.05, 4.69) is 53.1 Å². The summed E-state index contributed by atoms with van der Waals surface area (Å²) in [5, 5.41) is 3.45. The number of nitrogens with zero attached hydrogens (tertiary/aromatic N) is 1. The molecule has 2 amide bonds. The normalized spacial score (nSPS) is 12.1. The molecule has 2 aromatic carbocycles. The first-order valence-electron chi connectivity index (χ1n) is 8.14. The number of urea groups is 1. The molecule has 0 aliphatic rings. The first-order valence-corrected chi connectivity index (χ1v) is 9.94. The quantitative estimate of drug-likeness (QED) is 0.583. The molecule has 0 spiro atoms. The van der Waals surface area contributed by atoms with Crippen LogP contribution in [0.15, 0.2) is 42.5 Å². The van der Waals surface area contributed by atoms with Crippen LogP contribution in [0.1, 0.15) is 29.5 Å². The molecule has 25 heavy (non-hydrogen) atoms. The minimum atomic E-state index is -0.237. The van der Waals surface area contributed by atoms with E-state index < -0.39 is 0 Å². The highest BCUT2D eigenvalue weighted by Gasteiger charge is 2.11. The summed E-state index contributed by atoms with van der Waals surface area (Å²) in [4.78, 5) is 16.6. The number of nitrogens with one attached hydrogen (secondary N) is 2. The third kappa shape index (κ3) is 4.52. The summed E-state index contributed by atoms with van der Waals surface area (Å²) < 4.78 is 3.93. The van der Waals surface area contributed by atoms with Crippen LogP contribution in [0.25, 0.3) is 10.2 Å². The molecule has 1 atom stereocenters. The van der Waals surface area contributed by atoms with Gasteiger partial charge in [-0.1, -0.05) is 54.7 Å². The van der Waals surface area contributed by atoms with E-state index in [1.165, 1.54) is 34.4 Å². The summed E-state index contributed by atoms with van der Waals surface area (Å²) in [6.07, 6.45) is 0. The Bertz CT molecular complexity index is 877. The summed E-state index contributed by atoms with van der Waals surface area (Å²) in [6, 6.07) is 14.3. The highest BCUT2D eigenvalue weighted by Crippen LogP contribution is 2.29. The van der Waals surface area contributed by atoms with Crippen molar-refractivity contribution in [1.82, 2.24) is 9.71 Å². The fourth-order valence-corrected chi connectivity index (χ4v) is 4.40. The van der Waals surface area contributed by atoms with Crippen molar-refractivity contribution in [3.8, 4) is 0 Å². The Morgan fingerprint density at radius 1 is 1.24 bits per heavy atom. The number of amides is 2. The molecule has 0 unspecified atom stereocenters. The van der Waals surface area contributed by atoms with Gasteiger partial charge in [-0.2, -0.15) is 0 Å². The van der Waals surface area contributed by atoms with Crippen LogP contribution in [0, 0.1) is 13.8 Å². The molecule has 0 radical (unpaired) electrons. The minimum Gasteiger partial charge on any atom is -0.283 e. The van der Waals surface area contributed by atoms with Crippen molar-refractivity contribution in [3.63, 3.8) is 0 Å². The van der Waals surface area contributed by atoms with Crippen molar-refractivity contribution in [2.75, 3.05) is 11.1 Å². The van der Waals surface area contributed by atoms with E-state index in [0.717, 1.165) is 21.5 Å². The van der Waals surface area contributed by atoms with Crippen molar-refractivity contribution in [2.45, 2.75) is 26.7 Å².